The van der Waals surface area contributed by atoms with Gasteiger partial charge >= 0.3 is 5.97 Å². The van der Waals surface area contributed by atoms with Crippen molar-refractivity contribution >= 4 is 16.9 Å². The van der Waals surface area contributed by atoms with Gasteiger partial charge in [-0.15, -0.1) is 0 Å². The molecule has 0 bridgehead atoms. The maximum absolute atomic E-state index is 13.3. The summed E-state index contributed by atoms with van der Waals surface area (Å²) in [5.41, 5.74) is 0.452. The number of halogens is 1. The van der Waals surface area contributed by atoms with Crippen molar-refractivity contribution in [2.45, 2.75) is 12.0 Å². The Bertz CT molecular complexity index is 1090. The summed E-state index contributed by atoms with van der Waals surface area (Å²) in [6, 6.07) is 14.2. The fourth-order valence-electron chi connectivity index (χ4n) is 3.20. The highest BCUT2D eigenvalue weighted by atomic mass is 19.1. The van der Waals surface area contributed by atoms with Crippen molar-refractivity contribution in [2.75, 3.05) is 6.61 Å². The minimum Gasteiger partial charge on any atom is -0.489 e. The average molecular weight is 365 g/mol. The lowest BCUT2D eigenvalue weighted by atomic mass is 9.90. The molecule has 2 aromatic carbocycles. The predicted molar refractivity (Wildman–Crippen MR) is 98.0 cm³/mol. The molecule has 2 heterocycles. The molecule has 1 atom stereocenters. The Morgan fingerprint density at radius 2 is 1.89 bits per heavy atom. The number of carbonyl (C=O) groups is 1. The van der Waals surface area contributed by atoms with Crippen molar-refractivity contribution in [3.63, 3.8) is 0 Å². The normalized spacial score (nSPS) is 19.3. The van der Waals surface area contributed by atoms with Gasteiger partial charge in [0.25, 0.3) is 0 Å². The van der Waals surface area contributed by atoms with Crippen LogP contribution in [0.2, 0.25) is 0 Å². The molecule has 1 aliphatic rings. The number of rotatable bonds is 4. The Morgan fingerprint density at radius 3 is 2.59 bits per heavy atom. The summed E-state index contributed by atoms with van der Waals surface area (Å²) < 4.78 is 24.8. The molecule has 0 amide bonds. The molecule has 4 rings (SSSR count). The first kappa shape index (κ1) is 17.0. The number of benzene rings is 2. The number of hydrogen-bond donors (Lipinski definition) is 1. The van der Waals surface area contributed by atoms with Crippen LogP contribution in [0.5, 0.6) is 5.75 Å². The van der Waals surface area contributed by atoms with Gasteiger partial charge in [0.15, 0.2) is 5.60 Å². The van der Waals surface area contributed by atoms with Gasteiger partial charge in [-0.3, -0.25) is 4.79 Å². The molecule has 136 valence electrons. The van der Waals surface area contributed by atoms with E-state index >= 15 is 0 Å². The molecular formula is C21H16FNO4. The first-order valence-corrected chi connectivity index (χ1v) is 8.38. The van der Waals surface area contributed by atoms with E-state index in [2.05, 4.69) is 11.6 Å². The number of fused-ring (bicyclic) bond motifs is 1. The fourth-order valence-corrected chi connectivity index (χ4v) is 3.20. The number of H-pyrrole nitrogens is 1. The summed E-state index contributed by atoms with van der Waals surface area (Å²) >= 11 is 0. The molecule has 0 aliphatic carbocycles. The zero-order chi connectivity index (χ0) is 19.0. The SMILES string of the molecule is C=C1CC(COc2ccc3[nH]c(=O)ccc3c2)(c2ccc(F)cc2)OC1=O. The molecule has 1 unspecified atom stereocenters. The number of hydrogen-bond acceptors (Lipinski definition) is 4. The molecule has 0 spiro atoms. The van der Waals surface area contributed by atoms with Crippen LogP contribution in [0.25, 0.3) is 10.9 Å². The van der Waals surface area contributed by atoms with Crippen LogP contribution in [-0.2, 0) is 15.1 Å². The number of nitrogens with one attached hydrogen (secondary N) is 1. The van der Waals surface area contributed by atoms with E-state index in [0.29, 0.717) is 22.4 Å². The monoisotopic (exact) mass is 365 g/mol. The number of pyridine rings is 1. The lowest BCUT2D eigenvalue weighted by Crippen LogP contribution is -2.33. The van der Waals surface area contributed by atoms with Crippen molar-refractivity contribution < 1.29 is 18.7 Å². The number of aromatic amines is 1. The average Bonchev–Trinajstić information content (AvgIpc) is 2.95. The van der Waals surface area contributed by atoms with Crippen LogP contribution in [0.4, 0.5) is 4.39 Å². The van der Waals surface area contributed by atoms with E-state index < -0.39 is 11.6 Å². The number of carbonyl (C=O) groups excluding carboxylic acids is 1. The molecule has 1 N–H and O–H groups in total. The van der Waals surface area contributed by atoms with Crippen LogP contribution in [-0.4, -0.2) is 17.6 Å². The Kier molecular flexibility index (Phi) is 4.03. The topological polar surface area (TPSA) is 68.4 Å². The van der Waals surface area contributed by atoms with Gasteiger partial charge in [-0.05, 0) is 42.0 Å². The molecule has 3 aromatic rings. The molecular weight excluding hydrogens is 349 g/mol. The van der Waals surface area contributed by atoms with Gasteiger partial charge in [-0.25, -0.2) is 9.18 Å². The van der Waals surface area contributed by atoms with Crippen molar-refractivity contribution in [1.82, 2.24) is 4.98 Å². The summed E-state index contributed by atoms with van der Waals surface area (Å²) in [5, 5.41) is 0.816. The molecule has 1 aliphatic heterocycles. The molecule has 1 fully saturated rings. The van der Waals surface area contributed by atoms with Crippen LogP contribution >= 0.6 is 0 Å². The van der Waals surface area contributed by atoms with Crippen LogP contribution in [0.1, 0.15) is 12.0 Å². The summed E-state index contributed by atoms with van der Waals surface area (Å²) in [7, 11) is 0. The number of aromatic nitrogens is 1. The third-order valence-electron chi connectivity index (χ3n) is 4.61. The summed E-state index contributed by atoms with van der Waals surface area (Å²) in [4.78, 5) is 26.1. The van der Waals surface area contributed by atoms with Gasteiger partial charge in [0, 0.05) is 29.0 Å². The Hall–Kier alpha value is -3.41. The van der Waals surface area contributed by atoms with E-state index in [4.69, 9.17) is 9.47 Å². The largest absolute Gasteiger partial charge is 0.489 e. The highest BCUT2D eigenvalue weighted by Crippen LogP contribution is 2.39. The number of cyclic esters (lactones) is 1. The Morgan fingerprint density at radius 1 is 1.11 bits per heavy atom. The molecule has 5 nitrogen and oxygen atoms in total. The van der Waals surface area contributed by atoms with Crippen LogP contribution in [0.15, 0.2) is 71.5 Å². The Balaban J connectivity index is 1.64. The molecule has 27 heavy (non-hydrogen) atoms. The van der Waals surface area contributed by atoms with E-state index in [-0.39, 0.29) is 24.4 Å². The van der Waals surface area contributed by atoms with Crippen LogP contribution in [0, 0.1) is 5.82 Å². The summed E-state index contributed by atoms with van der Waals surface area (Å²) in [6.07, 6.45) is 0.262. The van der Waals surface area contributed by atoms with Crippen LogP contribution < -0.4 is 10.3 Å². The maximum atomic E-state index is 13.3. The lowest BCUT2D eigenvalue weighted by Gasteiger charge is -2.28. The third-order valence-corrected chi connectivity index (χ3v) is 4.61. The van der Waals surface area contributed by atoms with Gasteiger partial charge in [-0.2, -0.15) is 0 Å². The Labute approximate surface area is 154 Å². The van der Waals surface area contributed by atoms with Crippen molar-refractivity contribution in [2.24, 2.45) is 0 Å². The summed E-state index contributed by atoms with van der Waals surface area (Å²) in [5.74, 6) is -0.301. The molecule has 6 heteroatoms. The standard InChI is InChI=1S/C21H16FNO4/c1-13-11-21(27-20(13)25,15-3-5-16(22)6-4-15)12-26-17-7-8-18-14(10-17)2-9-19(24)23-18/h2-10H,1,11-12H2,(H,23,24). The van der Waals surface area contributed by atoms with Gasteiger partial charge in [0.2, 0.25) is 5.56 Å². The van der Waals surface area contributed by atoms with Crippen molar-refractivity contribution in [3.05, 3.63) is 88.5 Å². The van der Waals surface area contributed by atoms with E-state index in [1.807, 2.05) is 0 Å². The number of ether oxygens (including phenoxy) is 2. The predicted octanol–water partition coefficient (Wildman–Crippen LogP) is 3.44. The van der Waals surface area contributed by atoms with Crippen LogP contribution in [0.3, 0.4) is 0 Å². The maximum Gasteiger partial charge on any atom is 0.334 e. The van der Waals surface area contributed by atoms with E-state index in [1.54, 1.807) is 36.4 Å². The minimum absolute atomic E-state index is 0.0538. The molecule has 0 saturated carbocycles. The van der Waals surface area contributed by atoms with Gasteiger partial charge in [-0.1, -0.05) is 18.7 Å². The first-order chi connectivity index (χ1) is 12.9. The van der Waals surface area contributed by atoms with Gasteiger partial charge in [0.1, 0.15) is 18.2 Å². The second-order valence-corrected chi connectivity index (χ2v) is 6.53. The minimum atomic E-state index is -1.05. The zero-order valence-electron chi connectivity index (χ0n) is 14.3. The molecule has 1 saturated heterocycles. The second kappa shape index (κ2) is 6.39. The lowest BCUT2D eigenvalue weighted by molar-refractivity contribution is -0.150. The quantitative estimate of drug-likeness (QED) is 0.568. The smallest absolute Gasteiger partial charge is 0.334 e. The number of esters is 1. The summed E-state index contributed by atoms with van der Waals surface area (Å²) in [6.45, 7) is 3.79. The van der Waals surface area contributed by atoms with Crippen molar-refractivity contribution in [1.29, 1.82) is 0 Å². The van der Waals surface area contributed by atoms with Crippen molar-refractivity contribution in [3.8, 4) is 5.75 Å². The van der Waals surface area contributed by atoms with Gasteiger partial charge < -0.3 is 14.5 Å². The highest BCUT2D eigenvalue weighted by Gasteiger charge is 2.45. The second-order valence-electron chi connectivity index (χ2n) is 6.53. The zero-order valence-corrected chi connectivity index (χ0v) is 14.3. The fraction of sp³-hybridized carbons (Fsp3) is 0.143. The van der Waals surface area contributed by atoms with E-state index in [9.17, 15) is 14.0 Å². The van der Waals surface area contributed by atoms with E-state index in [1.165, 1.54) is 18.2 Å². The van der Waals surface area contributed by atoms with Gasteiger partial charge in [0.05, 0.1) is 0 Å². The first-order valence-electron chi connectivity index (χ1n) is 8.38. The van der Waals surface area contributed by atoms with E-state index in [0.717, 1.165) is 5.39 Å². The third kappa shape index (κ3) is 3.21. The molecule has 0 radical (unpaired) electrons. The highest BCUT2D eigenvalue weighted by molar-refractivity contribution is 5.90. The molecule has 1 aromatic heterocycles.